The SMILES string of the molecule is Cc1cccc(C)c1NC(=O)CN1CCCC1c1ccccc1. The number of hydrogen-bond acceptors (Lipinski definition) is 2. The van der Waals surface area contributed by atoms with Crippen LogP contribution in [0.15, 0.2) is 48.5 Å². The molecule has 2 aromatic rings. The number of amides is 1. The normalized spacial score (nSPS) is 18.1. The molecule has 1 heterocycles. The first-order valence-electron chi connectivity index (χ1n) is 8.30. The van der Waals surface area contributed by atoms with Crippen LogP contribution in [0.4, 0.5) is 5.69 Å². The summed E-state index contributed by atoms with van der Waals surface area (Å²) < 4.78 is 0. The Hall–Kier alpha value is -2.13. The molecule has 0 aromatic heterocycles. The molecule has 1 unspecified atom stereocenters. The maximum Gasteiger partial charge on any atom is 0.238 e. The largest absolute Gasteiger partial charge is 0.324 e. The molecule has 2 aromatic carbocycles. The number of benzene rings is 2. The highest BCUT2D eigenvalue weighted by atomic mass is 16.2. The van der Waals surface area contributed by atoms with Gasteiger partial charge >= 0.3 is 0 Å². The Bertz CT molecular complexity index is 661. The maximum absolute atomic E-state index is 12.5. The van der Waals surface area contributed by atoms with Gasteiger partial charge in [-0.15, -0.1) is 0 Å². The molecule has 1 saturated heterocycles. The highest BCUT2D eigenvalue weighted by molar-refractivity contribution is 5.93. The molecule has 23 heavy (non-hydrogen) atoms. The second-order valence-electron chi connectivity index (χ2n) is 6.35. The van der Waals surface area contributed by atoms with E-state index in [1.807, 2.05) is 38.1 Å². The summed E-state index contributed by atoms with van der Waals surface area (Å²) in [7, 11) is 0. The molecular formula is C20H24N2O. The summed E-state index contributed by atoms with van der Waals surface area (Å²) in [6.45, 7) is 5.50. The molecule has 0 radical (unpaired) electrons. The number of nitrogens with one attached hydrogen (secondary N) is 1. The smallest absolute Gasteiger partial charge is 0.238 e. The summed E-state index contributed by atoms with van der Waals surface area (Å²) >= 11 is 0. The van der Waals surface area contributed by atoms with E-state index in [0.29, 0.717) is 12.6 Å². The molecular weight excluding hydrogens is 284 g/mol. The van der Waals surface area contributed by atoms with Gasteiger partial charge in [0, 0.05) is 11.7 Å². The number of likely N-dealkylation sites (tertiary alicyclic amines) is 1. The molecule has 120 valence electrons. The first kappa shape index (κ1) is 15.8. The van der Waals surface area contributed by atoms with E-state index in [4.69, 9.17) is 0 Å². The van der Waals surface area contributed by atoms with Gasteiger partial charge in [0.1, 0.15) is 0 Å². The van der Waals surface area contributed by atoms with Crippen molar-refractivity contribution in [3.63, 3.8) is 0 Å². The number of para-hydroxylation sites is 1. The lowest BCUT2D eigenvalue weighted by atomic mass is 10.0. The van der Waals surface area contributed by atoms with Gasteiger partial charge in [-0.05, 0) is 49.9 Å². The summed E-state index contributed by atoms with van der Waals surface area (Å²) in [5, 5.41) is 3.10. The minimum absolute atomic E-state index is 0.0743. The molecule has 1 aliphatic heterocycles. The number of anilines is 1. The lowest BCUT2D eigenvalue weighted by Crippen LogP contribution is -2.33. The van der Waals surface area contributed by atoms with Crippen LogP contribution in [0.3, 0.4) is 0 Å². The van der Waals surface area contributed by atoms with Gasteiger partial charge in [-0.2, -0.15) is 0 Å². The van der Waals surface area contributed by atoms with Gasteiger partial charge in [-0.1, -0.05) is 48.5 Å². The van der Waals surface area contributed by atoms with E-state index in [-0.39, 0.29) is 5.91 Å². The first-order valence-corrected chi connectivity index (χ1v) is 8.30. The van der Waals surface area contributed by atoms with Crippen LogP contribution in [0.25, 0.3) is 0 Å². The fourth-order valence-electron chi connectivity index (χ4n) is 3.44. The van der Waals surface area contributed by atoms with Crippen molar-refractivity contribution < 1.29 is 4.79 Å². The Morgan fingerprint density at radius 1 is 1.09 bits per heavy atom. The third-order valence-electron chi connectivity index (χ3n) is 4.64. The van der Waals surface area contributed by atoms with E-state index in [1.54, 1.807) is 0 Å². The molecule has 1 N–H and O–H groups in total. The van der Waals surface area contributed by atoms with E-state index < -0.39 is 0 Å². The van der Waals surface area contributed by atoms with Crippen LogP contribution in [0, 0.1) is 13.8 Å². The van der Waals surface area contributed by atoms with Crippen LogP contribution in [0.2, 0.25) is 0 Å². The summed E-state index contributed by atoms with van der Waals surface area (Å²) in [6, 6.07) is 16.9. The van der Waals surface area contributed by atoms with Gasteiger partial charge < -0.3 is 5.32 Å². The predicted octanol–water partition coefficient (Wildman–Crippen LogP) is 4.08. The average molecular weight is 308 g/mol. The van der Waals surface area contributed by atoms with Crippen molar-refractivity contribution in [2.45, 2.75) is 32.7 Å². The third-order valence-corrected chi connectivity index (χ3v) is 4.64. The zero-order valence-corrected chi connectivity index (χ0v) is 13.9. The van der Waals surface area contributed by atoms with E-state index in [1.165, 1.54) is 5.56 Å². The molecule has 1 atom stereocenters. The molecule has 3 rings (SSSR count). The lowest BCUT2D eigenvalue weighted by molar-refractivity contribution is -0.117. The zero-order valence-electron chi connectivity index (χ0n) is 13.9. The molecule has 3 heteroatoms. The lowest BCUT2D eigenvalue weighted by Gasteiger charge is -2.24. The van der Waals surface area contributed by atoms with Crippen molar-refractivity contribution in [3.05, 3.63) is 65.2 Å². The van der Waals surface area contributed by atoms with Crippen molar-refractivity contribution in [3.8, 4) is 0 Å². The highest BCUT2D eigenvalue weighted by Gasteiger charge is 2.27. The van der Waals surface area contributed by atoms with Crippen molar-refractivity contribution in [2.24, 2.45) is 0 Å². The Kier molecular flexibility index (Phi) is 4.77. The fraction of sp³-hybridized carbons (Fsp3) is 0.350. The Morgan fingerprint density at radius 2 is 1.78 bits per heavy atom. The Morgan fingerprint density at radius 3 is 2.48 bits per heavy atom. The minimum Gasteiger partial charge on any atom is -0.324 e. The van der Waals surface area contributed by atoms with Gasteiger partial charge in [0.2, 0.25) is 5.91 Å². The van der Waals surface area contributed by atoms with Crippen molar-refractivity contribution in [1.82, 2.24) is 4.90 Å². The average Bonchev–Trinajstić information content (AvgIpc) is 3.00. The van der Waals surface area contributed by atoms with Crippen LogP contribution in [0.5, 0.6) is 0 Å². The molecule has 0 aliphatic carbocycles. The molecule has 1 aliphatic rings. The number of carbonyl (C=O) groups is 1. The van der Waals surface area contributed by atoms with E-state index in [0.717, 1.165) is 36.2 Å². The summed E-state index contributed by atoms with van der Waals surface area (Å²) in [6.07, 6.45) is 2.27. The zero-order chi connectivity index (χ0) is 16.2. The van der Waals surface area contributed by atoms with Crippen LogP contribution in [-0.2, 0) is 4.79 Å². The summed E-state index contributed by atoms with van der Waals surface area (Å²) in [5.74, 6) is 0.0743. The molecule has 0 saturated carbocycles. The summed E-state index contributed by atoms with van der Waals surface area (Å²) in [5.41, 5.74) is 4.48. The Labute approximate surface area is 138 Å². The summed E-state index contributed by atoms with van der Waals surface area (Å²) in [4.78, 5) is 14.8. The Balaban J connectivity index is 1.68. The standard InChI is InChI=1S/C20H24N2O/c1-15-8-6-9-16(2)20(15)21-19(23)14-22-13-7-12-18(22)17-10-4-3-5-11-17/h3-6,8-11,18H,7,12-14H2,1-2H3,(H,21,23). The highest BCUT2D eigenvalue weighted by Crippen LogP contribution is 2.31. The van der Waals surface area contributed by atoms with Crippen molar-refractivity contribution in [1.29, 1.82) is 0 Å². The van der Waals surface area contributed by atoms with Gasteiger partial charge in [0.15, 0.2) is 0 Å². The third kappa shape index (κ3) is 3.62. The number of nitrogens with zero attached hydrogens (tertiary/aromatic N) is 1. The van der Waals surface area contributed by atoms with Crippen molar-refractivity contribution >= 4 is 11.6 Å². The quantitative estimate of drug-likeness (QED) is 0.923. The number of aryl methyl sites for hydroxylation is 2. The second kappa shape index (κ2) is 6.97. The van der Waals surface area contributed by atoms with Gasteiger partial charge in [-0.25, -0.2) is 0 Å². The fourth-order valence-corrected chi connectivity index (χ4v) is 3.44. The predicted molar refractivity (Wildman–Crippen MR) is 94.5 cm³/mol. The minimum atomic E-state index is 0.0743. The van der Waals surface area contributed by atoms with E-state index >= 15 is 0 Å². The maximum atomic E-state index is 12.5. The van der Waals surface area contributed by atoms with Gasteiger partial charge in [0.25, 0.3) is 0 Å². The number of hydrogen-bond donors (Lipinski definition) is 1. The van der Waals surface area contributed by atoms with Crippen LogP contribution >= 0.6 is 0 Å². The number of rotatable bonds is 4. The monoisotopic (exact) mass is 308 g/mol. The first-order chi connectivity index (χ1) is 11.1. The topological polar surface area (TPSA) is 32.3 Å². The molecule has 1 fully saturated rings. The molecule has 0 bridgehead atoms. The van der Waals surface area contributed by atoms with Gasteiger partial charge in [-0.3, -0.25) is 9.69 Å². The van der Waals surface area contributed by atoms with Crippen molar-refractivity contribution in [2.75, 3.05) is 18.4 Å². The van der Waals surface area contributed by atoms with Crippen LogP contribution in [0.1, 0.15) is 35.6 Å². The molecule has 1 amide bonds. The van der Waals surface area contributed by atoms with E-state index in [9.17, 15) is 4.79 Å². The number of carbonyl (C=O) groups excluding carboxylic acids is 1. The van der Waals surface area contributed by atoms with Crippen LogP contribution in [-0.4, -0.2) is 23.9 Å². The molecule has 3 nitrogen and oxygen atoms in total. The molecule has 0 spiro atoms. The second-order valence-corrected chi connectivity index (χ2v) is 6.35. The van der Waals surface area contributed by atoms with Gasteiger partial charge in [0.05, 0.1) is 6.54 Å². The van der Waals surface area contributed by atoms with E-state index in [2.05, 4.69) is 34.5 Å². The van der Waals surface area contributed by atoms with Crippen LogP contribution < -0.4 is 5.32 Å².